The molecule has 2 aliphatic carbocycles. The van der Waals surface area contributed by atoms with E-state index in [2.05, 4.69) is 11.9 Å². The number of hydrogen-bond donors (Lipinski definition) is 2. The molecule has 2 rings (SSSR count). The summed E-state index contributed by atoms with van der Waals surface area (Å²) in [6, 6.07) is -0.0516. The Hall–Kier alpha value is -1.52. The van der Waals surface area contributed by atoms with Crippen molar-refractivity contribution in [2.45, 2.75) is 44.2 Å². The molecule has 2 N–H and O–H groups in total. The molecule has 0 spiro atoms. The van der Waals surface area contributed by atoms with Crippen molar-refractivity contribution in [1.82, 2.24) is 10.2 Å². The Kier molecular flexibility index (Phi) is 3.89. The zero-order valence-electron chi connectivity index (χ0n) is 10.5. The van der Waals surface area contributed by atoms with E-state index in [1.165, 1.54) is 0 Å². The van der Waals surface area contributed by atoms with E-state index in [-0.39, 0.29) is 12.1 Å². The Labute approximate surface area is 107 Å². The lowest BCUT2D eigenvalue weighted by atomic mass is 10.0. The van der Waals surface area contributed by atoms with Crippen LogP contribution in [-0.4, -0.2) is 40.6 Å². The van der Waals surface area contributed by atoms with Crippen LogP contribution in [0, 0.1) is 5.92 Å². The lowest BCUT2D eigenvalue weighted by molar-refractivity contribution is -0.142. The number of rotatable bonds is 5. The Morgan fingerprint density at radius 2 is 2.06 bits per heavy atom. The first-order valence-corrected chi connectivity index (χ1v) is 6.54. The van der Waals surface area contributed by atoms with Crippen LogP contribution in [0.3, 0.4) is 0 Å². The van der Waals surface area contributed by atoms with Gasteiger partial charge in [0.25, 0.3) is 0 Å². The molecule has 2 unspecified atom stereocenters. The number of amides is 2. The van der Waals surface area contributed by atoms with Gasteiger partial charge in [-0.15, -0.1) is 6.58 Å². The van der Waals surface area contributed by atoms with Gasteiger partial charge in [-0.25, -0.2) is 4.79 Å². The SMILES string of the molecule is C=CCN(C(=O)NC1CCCC1C(=O)O)C1CC1. The second-order valence-corrected chi connectivity index (χ2v) is 5.10. The highest BCUT2D eigenvalue weighted by atomic mass is 16.4. The molecule has 2 saturated carbocycles. The maximum absolute atomic E-state index is 12.1. The van der Waals surface area contributed by atoms with Gasteiger partial charge in [-0.1, -0.05) is 12.5 Å². The summed E-state index contributed by atoms with van der Waals surface area (Å²) in [5, 5.41) is 12.0. The highest BCUT2D eigenvalue weighted by Crippen LogP contribution is 2.29. The molecule has 2 fully saturated rings. The van der Waals surface area contributed by atoms with Gasteiger partial charge < -0.3 is 15.3 Å². The molecule has 2 aliphatic rings. The molecule has 0 aromatic heterocycles. The number of carboxylic acid groups (broad SMARTS) is 1. The van der Waals surface area contributed by atoms with Gasteiger partial charge in [-0.3, -0.25) is 4.79 Å². The van der Waals surface area contributed by atoms with Crippen molar-refractivity contribution < 1.29 is 14.7 Å². The number of carboxylic acids is 1. The van der Waals surface area contributed by atoms with Crippen LogP contribution in [0.1, 0.15) is 32.1 Å². The molecule has 5 heteroatoms. The largest absolute Gasteiger partial charge is 0.481 e. The summed E-state index contributed by atoms with van der Waals surface area (Å²) < 4.78 is 0. The molecule has 18 heavy (non-hydrogen) atoms. The van der Waals surface area contributed by atoms with E-state index in [1.807, 2.05) is 0 Å². The van der Waals surface area contributed by atoms with Gasteiger partial charge in [0.1, 0.15) is 0 Å². The van der Waals surface area contributed by atoms with Gasteiger partial charge in [0, 0.05) is 18.6 Å². The highest BCUT2D eigenvalue weighted by molar-refractivity contribution is 5.77. The molecule has 0 bridgehead atoms. The molecule has 5 nitrogen and oxygen atoms in total. The lowest BCUT2D eigenvalue weighted by Crippen LogP contribution is -2.48. The number of nitrogens with one attached hydrogen (secondary N) is 1. The van der Waals surface area contributed by atoms with Crippen LogP contribution < -0.4 is 5.32 Å². The van der Waals surface area contributed by atoms with Crippen LogP contribution in [0.5, 0.6) is 0 Å². The first kappa shape index (κ1) is 12.9. The first-order chi connectivity index (χ1) is 8.63. The van der Waals surface area contributed by atoms with E-state index in [1.54, 1.807) is 11.0 Å². The van der Waals surface area contributed by atoms with Crippen LogP contribution in [0.15, 0.2) is 12.7 Å². The lowest BCUT2D eigenvalue weighted by Gasteiger charge is -2.25. The standard InChI is InChI=1S/C13H20N2O3/c1-2-8-15(9-6-7-9)13(18)14-11-5-3-4-10(11)12(16)17/h2,9-11H,1,3-8H2,(H,14,18)(H,16,17). The van der Waals surface area contributed by atoms with Crippen molar-refractivity contribution in [1.29, 1.82) is 0 Å². The molecular formula is C13H20N2O3. The fourth-order valence-electron chi connectivity index (χ4n) is 2.59. The second kappa shape index (κ2) is 5.42. The highest BCUT2D eigenvalue weighted by Gasteiger charge is 2.37. The van der Waals surface area contributed by atoms with Crippen LogP contribution in [0.2, 0.25) is 0 Å². The first-order valence-electron chi connectivity index (χ1n) is 6.54. The van der Waals surface area contributed by atoms with Gasteiger partial charge in [-0.2, -0.15) is 0 Å². The van der Waals surface area contributed by atoms with Gasteiger partial charge >= 0.3 is 12.0 Å². The van der Waals surface area contributed by atoms with Crippen molar-refractivity contribution in [3.63, 3.8) is 0 Å². The maximum atomic E-state index is 12.1. The number of carbonyl (C=O) groups is 2. The predicted molar refractivity (Wildman–Crippen MR) is 67.2 cm³/mol. The van der Waals surface area contributed by atoms with Crippen molar-refractivity contribution in [3.05, 3.63) is 12.7 Å². The number of urea groups is 1. The van der Waals surface area contributed by atoms with Crippen molar-refractivity contribution in [2.75, 3.05) is 6.54 Å². The third-order valence-corrected chi connectivity index (χ3v) is 3.72. The minimum Gasteiger partial charge on any atom is -0.481 e. The Morgan fingerprint density at radius 1 is 1.33 bits per heavy atom. The summed E-state index contributed by atoms with van der Waals surface area (Å²) in [6.45, 7) is 4.18. The molecule has 0 saturated heterocycles. The van der Waals surface area contributed by atoms with Crippen molar-refractivity contribution in [2.24, 2.45) is 5.92 Å². The number of hydrogen-bond acceptors (Lipinski definition) is 2. The molecule has 0 aromatic carbocycles. The molecule has 0 radical (unpaired) electrons. The van der Waals surface area contributed by atoms with Gasteiger partial charge in [0.15, 0.2) is 0 Å². The fourth-order valence-corrected chi connectivity index (χ4v) is 2.59. The molecule has 2 amide bonds. The second-order valence-electron chi connectivity index (χ2n) is 5.10. The van der Waals surface area contributed by atoms with E-state index < -0.39 is 11.9 Å². The van der Waals surface area contributed by atoms with Crippen LogP contribution in [0.25, 0.3) is 0 Å². The smallest absolute Gasteiger partial charge is 0.318 e. The summed E-state index contributed by atoms with van der Waals surface area (Å²) >= 11 is 0. The number of carbonyl (C=O) groups excluding carboxylic acids is 1. The average Bonchev–Trinajstić information content (AvgIpc) is 3.05. The fraction of sp³-hybridized carbons (Fsp3) is 0.692. The summed E-state index contributed by atoms with van der Waals surface area (Å²) in [6.07, 6.45) is 6.07. The van der Waals surface area contributed by atoms with E-state index in [9.17, 15) is 9.59 Å². The van der Waals surface area contributed by atoms with Crippen LogP contribution >= 0.6 is 0 Å². The van der Waals surface area contributed by atoms with Crippen molar-refractivity contribution >= 4 is 12.0 Å². The van der Waals surface area contributed by atoms with E-state index >= 15 is 0 Å². The quantitative estimate of drug-likeness (QED) is 0.730. The number of nitrogens with zero attached hydrogens (tertiary/aromatic N) is 1. The monoisotopic (exact) mass is 252 g/mol. The van der Waals surface area contributed by atoms with Gasteiger partial charge in [0.05, 0.1) is 5.92 Å². The van der Waals surface area contributed by atoms with Crippen LogP contribution in [0.4, 0.5) is 4.79 Å². The molecule has 0 heterocycles. The zero-order valence-corrected chi connectivity index (χ0v) is 10.5. The molecule has 0 aliphatic heterocycles. The zero-order chi connectivity index (χ0) is 13.1. The van der Waals surface area contributed by atoms with E-state index in [4.69, 9.17) is 5.11 Å². The topological polar surface area (TPSA) is 69.6 Å². The van der Waals surface area contributed by atoms with Gasteiger partial charge in [-0.05, 0) is 25.7 Å². The third kappa shape index (κ3) is 2.83. The van der Waals surface area contributed by atoms with Gasteiger partial charge in [0.2, 0.25) is 0 Å². The normalized spacial score (nSPS) is 26.7. The molecular weight excluding hydrogens is 232 g/mol. The van der Waals surface area contributed by atoms with E-state index in [0.717, 1.165) is 25.7 Å². The third-order valence-electron chi connectivity index (χ3n) is 3.72. The minimum atomic E-state index is -0.806. The molecule has 2 atom stereocenters. The maximum Gasteiger partial charge on any atom is 0.318 e. The Morgan fingerprint density at radius 3 is 2.61 bits per heavy atom. The summed E-state index contributed by atoms with van der Waals surface area (Å²) in [4.78, 5) is 24.9. The Bertz CT molecular complexity index is 352. The number of aliphatic carboxylic acids is 1. The van der Waals surface area contributed by atoms with Crippen LogP contribution in [-0.2, 0) is 4.79 Å². The van der Waals surface area contributed by atoms with E-state index in [0.29, 0.717) is 19.0 Å². The summed E-state index contributed by atoms with van der Waals surface area (Å²) in [5.74, 6) is -1.24. The molecule has 0 aromatic rings. The molecule has 100 valence electrons. The summed E-state index contributed by atoms with van der Waals surface area (Å²) in [7, 11) is 0. The summed E-state index contributed by atoms with van der Waals surface area (Å²) in [5.41, 5.74) is 0. The Balaban J connectivity index is 1.92. The average molecular weight is 252 g/mol. The predicted octanol–water partition coefficient (Wildman–Crippen LogP) is 1.60. The van der Waals surface area contributed by atoms with Crippen molar-refractivity contribution in [3.8, 4) is 0 Å². The minimum absolute atomic E-state index is 0.143.